The van der Waals surface area contributed by atoms with Crippen LogP contribution in [0.1, 0.15) is 6.42 Å². The van der Waals surface area contributed by atoms with Crippen molar-refractivity contribution >= 4 is 17.4 Å². The lowest BCUT2D eigenvalue weighted by Crippen LogP contribution is -2.15. The van der Waals surface area contributed by atoms with E-state index in [1.165, 1.54) is 5.69 Å². The summed E-state index contributed by atoms with van der Waals surface area (Å²) in [5.41, 5.74) is 1.28. The highest BCUT2D eigenvalue weighted by Gasteiger charge is 1.97. The number of hydrogen-bond donors (Lipinski definition) is 0. The van der Waals surface area contributed by atoms with Gasteiger partial charge < -0.3 is 4.90 Å². The third kappa shape index (κ3) is 3.88. The minimum absolute atomic E-state index is 1.04. The molecular formula is C12H17NS. The summed E-state index contributed by atoms with van der Waals surface area (Å²) in [5.74, 6) is 2.19. The molecule has 1 nitrogen and oxygen atoms in total. The van der Waals surface area contributed by atoms with Gasteiger partial charge >= 0.3 is 0 Å². The molecule has 0 aliphatic carbocycles. The maximum absolute atomic E-state index is 3.71. The Hall–Kier alpha value is -0.890. The molecule has 0 aliphatic rings. The van der Waals surface area contributed by atoms with Crippen LogP contribution in [-0.4, -0.2) is 18.7 Å². The van der Waals surface area contributed by atoms with Gasteiger partial charge in [0.05, 0.1) is 5.88 Å². The topological polar surface area (TPSA) is 3.24 Å². The fourth-order valence-corrected chi connectivity index (χ4v) is 2.01. The normalized spacial score (nSPS) is 9.79. The van der Waals surface area contributed by atoms with Crippen LogP contribution in [0.25, 0.3) is 0 Å². The number of nitrogens with zero attached hydrogens (tertiary/aromatic N) is 1. The third-order valence-corrected chi connectivity index (χ3v) is 3.04. The lowest BCUT2D eigenvalue weighted by Gasteiger charge is -2.18. The Kier molecular flexibility index (Phi) is 5.23. The van der Waals surface area contributed by atoms with E-state index in [9.17, 15) is 0 Å². The highest BCUT2D eigenvalue weighted by Crippen LogP contribution is 2.14. The highest BCUT2D eigenvalue weighted by atomic mass is 32.2. The summed E-state index contributed by atoms with van der Waals surface area (Å²) >= 11 is 1.94. The van der Waals surface area contributed by atoms with Gasteiger partial charge in [-0.25, -0.2) is 0 Å². The van der Waals surface area contributed by atoms with Gasteiger partial charge in [0, 0.05) is 12.7 Å². The lowest BCUT2D eigenvalue weighted by atomic mass is 10.3. The molecule has 0 heterocycles. The number of thioether (sulfide) groups is 1. The maximum Gasteiger partial charge on any atom is 0.0636 e. The summed E-state index contributed by atoms with van der Waals surface area (Å²) in [4.78, 5) is 2.26. The molecule has 0 atom stereocenters. The predicted octanol–water partition coefficient (Wildman–Crippen LogP) is 3.39. The van der Waals surface area contributed by atoms with Crippen molar-refractivity contribution in [3.05, 3.63) is 43.0 Å². The Bertz CT molecular complexity index is 258. The molecule has 0 spiro atoms. The summed E-state index contributed by atoms with van der Waals surface area (Å²) in [6, 6.07) is 10.4. The van der Waals surface area contributed by atoms with E-state index in [4.69, 9.17) is 0 Å². The Labute approximate surface area is 90.8 Å². The van der Waals surface area contributed by atoms with Gasteiger partial charge in [0.15, 0.2) is 0 Å². The molecule has 0 fully saturated rings. The number of rotatable bonds is 6. The molecule has 0 aliphatic heterocycles. The minimum Gasteiger partial charge on any atom is -0.365 e. The summed E-state index contributed by atoms with van der Waals surface area (Å²) in [6.07, 6.45) is 3.06. The van der Waals surface area contributed by atoms with Gasteiger partial charge in [-0.15, -0.1) is 18.3 Å². The Balaban J connectivity index is 2.28. The van der Waals surface area contributed by atoms with Crippen LogP contribution in [0.4, 0.5) is 5.69 Å². The molecule has 1 aromatic carbocycles. The number of allylic oxidation sites excluding steroid dienone is 1. The first-order chi connectivity index (χ1) is 6.84. The molecular weight excluding hydrogens is 190 g/mol. The fourth-order valence-electron chi connectivity index (χ4n) is 1.13. The number of benzene rings is 1. The first-order valence-electron chi connectivity index (χ1n) is 4.79. The monoisotopic (exact) mass is 207 g/mol. The van der Waals surface area contributed by atoms with Crippen molar-refractivity contribution in [3.8, 4) is 0 Å². The molecule has 1 aromatic rings. The molecule has 14 heavy (non-hydrogen) atoms. The van der Waals surface area contributed by atoms with Crippen molar-refractivity contribution in [1.29, 1.82) is 0 Å². The van der Waals surface area contributed by atoms with Crippen LogP contribution in [0.2, 0.25) is 0 Å². The zero-order chi connectivity index (χ0) is 10.2. The van der Waals surface area contributed by atoms with Crippen molar-refractivity contribution in [2.75, 3.05) is 23.6 Å². The molecule has 0 N–H and O–H groups in total. The zero-order valence-electron chi connectivity index (χ0n) is 8.65. The molecule has 0 saturated heterocycles. The van der Waals surface area contributed by atoms with E-state index >= 15 is 0 Å². The molecule has 2 heteroatoms. The molecule has 1 rings (SSSR count). The van der Waals surface area contributed by atoms with Gasteiger partial charge in [0.2, 0.25) is 0 Å². The van der Waals surface area contributed by atoms with Gasteiger partial charge in [0.1, 0.15) is 0 Å². The molecule has 0 bridgehead atoms. The van der Waals surface area contributed by atoms with E-state index in [2.05, 4.69) is 42.8 Å². The van der Waals surface area contributed by atoms with E-state index in [-0.39, 0.29) is 0 Å². The molecule has 0 amide bonds. The lowest BCUT2D eigenvalue weighted by molar-refractivity contribution is 1.09. The Morgan fingerprint density at radius 2 is 2.07 bits per heavy atom. The molecule has 0 saturated carbocycles. The van der Waals surface area contributed by atoms with E-state index < -0.39 is 0 Å². The van der Waals surface area contributed by atoms with Gasteiger partial charge in [-0.3, -0.25) is 0 Å². The second-order valence-corrected chi connectivity index (χ2v) is 4.22. The number of anilines is 1. The van der Waals surface area contributed by atoms with Gasteiger partial charge in [-0.1, -0.05) is 24.3 Å². The second kappa shape index (κ2) is 6.55. The zero-order valence-corrected chi connectivity index (χ0v) is 9.46. The van der Waals surface area contributed by atoms with E-state index in [0.717, 1.165) is 18.1 Å². The fraction of sp³-hybridized carbons (Fsp3) is 0.333. The summed E-state index contributed by atoms with van der Waals surface area (Å²) in [6.45, 7) is 3.71. The predicted molar refractivity (Wildman–Crippen MR) is 67.0 cm³/mol. The second-order valence-electron chi connectivity index (χ2n) is 3.15. The average molecular weight is 207 g/mol. The first-order valence-corrected chi connectivity index (χ1v) is 5.95. The maximum atomic E-state index is 3.71. The Morgan fingerprint density at radius 3 is 2.71 bits per heavy atom. The van der Waals surface area contributed by atoms with Gasteiger partial charge in [-0.05, 0) is 24.3 Å². The average Bonchev–Trinajstić information content (AvgIpc) is 2.25. The van der Waals surface area contributed by atoms with E-state index in [0.29, 0.717) is 0 Å². The van der Waals surface area contributed by atoms with Crippen LogP contribution < -0.4 is 4.90 Å². The van der Waals surface area contributed by atoms with E-state index in [1.54, 1.807) is 0 Å². The summed E-state index contributed by atoms with van der Waals surface area (Å²) in [7, 11) is 2.12. The number of para-hydroxylation sites is 1. The van der Waals surface area contributed by atoms with Gasteiger partial charge in [-0.2, -0.15) is 0 Å². The van der Waals surface area contributed by atoms with Crippen molar-refractivity contribution in [3.63, 3.8) is 0 Å². The van der Waals surface area contributed by atoms with Crippen molar-refractivity contribution in [2.45, 2.75) is 6.42 Å². The van der Waals surface area contributed by atoms with Crippen LogP contribution in [0.5, 0.6) is 0 Å². The molecule has 0 radical (unpaired) electrons. The third-order valence-electron chi connectivity index (χ3n) is 1.95. The van der Waals surface area contributed by atoms with E-state index in [1.807, 2.05) is 23.9 Å². The largest absolute Gasteiger partial charge is 0.365 e. The van der Waals surface area contributed by atoms with Crippen LogP contribution in [0.15, 0.2) is 43.0 Å². The van der Waals surface area contributed by atoms with Crippen LogP contribution in [-0.2, 0) is 0 Å². The molecule has 0 aromatic heterocycles. The SMILES string of the molecule is C=CCCSCN(C)c1ccccc1. The van der Waals surface area contributed by atoms with Gasteiger partial charge in [0.25, 0.3) is 0 Å². The van der Waals surface area contributed by atoms with Crippen molar-refractivity contribution < 1.29 is 0 Å². The first kappa shape index (κ1) is 11.2. The van der Waals surface area contributed by atoms with Crippen LogP contribution in [0, 0.1) is 0 Å². The van der Waals surface area contributed by atoms with Crippen LogP contribution in [0.3, 0.4) is 0 Å². The standard InChI is InChI=1S/C12H17NS/c1-3-4-10-14-11-13(2)12-8-6-5-7-9-12/h3,5-9H,1,4,10-11H2,2H3. The van der Waals surface area contributed by atoms with Crippen molar-refractivity contribution in [2.24, 2.45) is 0 Å². The molecule has 76 valence electrons. The smallest absolute Gasteiger partial charge is 0.0636 e. The summed E-state index contributed by atoms with van der Waals surface area (Å²) < 4.78 is 0. The Morgan fingerprint density at radius 1 is 1.36 bits per heavy atom. The number of hydrogen-bond acceptors (Lipinski definition) is 2. The quantitative estimate of drug-likeness (QED) is 0.399. The van der Waals surface area contributed by atoms with Crippen LogP contribution >= 0.6 is 11.8 Å². The highest BCUT2D eigenvalue weighted by molar-refractivity contribution is 7.99. The summed E-state index contributed by atoms with van der Waals surface area (Å²) in [5, 5.41) is 0. The molecule has 0 unspecified atom stereocenters. The minimum atomic E-state index is 1.04. The van der Waals surface area contributed by atoms with Crippen molar-refractivity contribution in [1.82, 2.24) is 0 Å².